The zero-order chi connectivity index (χ0) is 24.2. The van der Waals surface area contributed by atoms with Crippen LogP contribution in [0.1, 0.15) is 13.8 Å². The van der Waals surface area contributed by atoms with Crippen molar-refractivity contribution in [1.82, 2.24) is 10.6 Å². The van der Waals surface area contributed by atoms with Crippen LogP contribution in [-0.4, -0.2) is 104 Å². The first-order valence-electron chi connectivity index (χ1n) is 8.45. The van der Waals surface area contributed by atoms with Crippen LogP contribution in [0.2, 0.25) is 0 Å². The molecule has 0 bridgehead atoms. The lowest BCUT2D eigenvalue weighted by Gasteiger charge is -2.30. The normalized spacial score (nSPS) is 15.2. The molecule has 12 N–H and O–H groups in total. The van der Waals surface area contributed by atoms with Crippen LogP contribution in [0.25, 0.3) is 0 Å². The van der Waals surface area contributed by atoms with Crippen LogP contribution in [0.4, 0.5) is 0 Å². The second-order valence-corrected chi connectivity index (χ2v) is 7.05. The third kappa shape index (κ3) is 8.15. The predicted molar refractivity (Wildman–Crippen MR) is 101 cm³/mol. The van der Waals surface area contributed by atoms with Crippen LogP contribution in [-0.2, 0) is 9.59 Å². The van der Waals surface area contributed by atoms with Crippen molar-refractivity contribution in [2.75, 3.05) is 39.6 Å². The summed E-state index contributed by atoms with van der Waals surface area (Å²) < 4.78 is 0. The maximum Gasteiger partial charge on any atom is 0.255 e. The summed E-state index contributed by atoms with van der Waals surface area (Å²) in [4.78, 5) is 22.8. The van der Waals surface area contributed by atoms with Crippen molar-refractivity contribution in [2.45, 2.75) is 36.0 Å². The van der Waals surface area contributed by atoms with E-state index in [1.54, 1.807) is 12.1 Å². The van der Waals surface area contributed by atoms with E-state index in [1.807, 2.05) is 0 Å². The SMILES string of the molecule is CC(N)(C#N)C(=O)NC(CO)(CO)CO.CC(N)(C#N)C(=O)NC(CO)(CO)CO. The Morgan fingerprint density at radius 1 is 0.700 bits per heavy atom. The third-order valence-electron chi connectivity index (χ3n) is 3.98. The highest BCUT2D eigenvalue weighted by Crippen LogP contribution is 2.06. The first kappa shape index (κ1) is 29.8. The first-order valence-corrected chi connectivity index (χ1v) is 8.45. The van der Waals surface area contributed by atoms with Gasteiger partial charge in [0.1, 0.15) is 11.1 Å². The number of nitrogens with one attached hydrogen (secondary N) is 2. The Morgan fingerprint density at radius 3 is 1.03 bits per heavy atom. The zero-order valence-corrected chi connectivity index (χ0v) is 16.8. The summed E-state index contributed by atoms with van der Waals surface area (Å²) in [6.07, 6.45) is 0. The number of amides is 2. The van der Waals surface area contributed by atoms with Gasteiger partial charge in [-0.2, -0.15) is 10.5 Å². The zero-order valence-electron chi connectivity index (χ0n) is 16.8. The second-order valence-electron chi connectivity index (χ2n) is 7.05. The molecule has 14 nitrogen and oxygen atoms in total. The molecule has 172 valence electrons. The number of hydrogen-bond acceptors (Lipinski definition) is 12. The molecule has 0 aromatic carbocycles. The fourth-order valence-corrected chi connectivity index (χ4v) is 1.38. The second kappa shape index (κ2) is 12.3. The Morgan fingerprint density at radius 2 is 0.900 bits per heavy atom. The number of carbonyl (C=O) groups excluding carboxylic acids is 2. The molecule has 0 aliphatic rings. The third-order valence-corrected chi connectivity index (χ3v) is 3.98. The number of nitrogens with two attached hydrogens (primary N) is 2. The Bertz CT molecular complexity index is 575. The molecule has 2 atom stereocenters. The van der Waals surface area contributed by atoms with Gasteiger partial charge in [0.15, 0.2) is 11.1 Å². The number of nitrogens with zero attached hydrogens (tertiary/aromatic N) is 2. The van der Waals surface area contributed by atoms with E-state index in [2.05, 4.69) is 10.6 Å². The number of hydrogen-bond donors (Lipinski definition) is 10. The Balaban J connectivity index is 0. The molecular weight excluding hydrogens is 404 g/mol. The lowest BCUT2D eigenvalue weighted by Crippen LogP contribution is -2.63. The van der Waals surface area contributed by atoms with Crippen molar-refractivity contribution in [2.24, 2.45) is 11.5 Å². The summed E-state index contributed by atoms with van der Waals surface area (Å²) in [6.45, 7) is -1.60. The number of carbonyl (C=O) groups is 2. The van der Waals surface area contributed by atoms with Gasteiger partial charge < -0.3 is 52.7 Å². The van der Waals surface area contributed by atoms with E-state index in [0.717, 1.165) is 0 Å². The Kier molecular flexibility index (Phi) is 12.2. The van der Waals surface area contributed by atoms with Crippen molar-refractivity contribution in [3.8, 4) is 12.1 Å². The molecule has 0 aromatic heterocycles. The number of aliphatic hydroxyl groups excluding tert-OH is 6. The average Bonchev–Trinajstić information content (AvgIpc) is 2.76. The van der Waals surface area contributed by atoms with E-state index in [-0.39, 0.29) is 0 Å². The summed E-state index contributed by atoms with van der Waals surface area (Å²) in [7, 11) is 0. The van der Waals surface area contributed by atoms with Gasteiger partial charge in [0.2, 0.25) is 0 Å². The summed E-state index contributed by atoms with van der Waals surface area (Å²) in [5.41, 5.74) is 3.96. The Labute approximate surface area is 173 Å². The molecular formula is C16H30N6O8. The maximum absolute atomic E-state index is 11.4. The van der Waals surface area contributed by atoms with E-state index in [4.69, 9.17) is 52.6 Å². The molecule has 0 rings (SSSR count). The minimum atomic E-state index is -1.77. The maximum atomic E-state index is 11.4. The number of nitriles is 2. The highest BCUT2D eigenvalue weighted by Gasteiger charge is 2.37. The molecule has 0 aliphatic carbocycles. The topological polar surface area (TPSA) is 279 Å². The van der Waals surface area contributed by atoms with Gasteiger partial charge in [-0.3, -0.25) is 9.59 Å². The van der Waals surface area contributed by atoms with Crippen molar-refractivity contribution in [3.63, 3.8) is 0 Å². The highest BCUT2D eigenvalue weighted by atomic mass is 16.3. The minimum absolute atomic E-state index is 0.659. The summed E-state index contributed by atoms with van der Waals surface area (Å²) in [5.74, 6) is -1.75. The van der Waals surface area contributed by atoms with Gasteiger partial charge in [-0.05, 0) is 13.8 Å². The standard InChI is InChI=1S/2C8H15N3O4/c2*1-7(10,2-9)6(15)11-8(3-12,4-13)5-14/h2*12-14H,3-5,10H2,1H3,(H,11,15). The lowest BCUT2D eigenvalue weighted by atomic mass is 9.99. The van der Waals surface area contributed by atoms with Gasteiger partial charge in [-0.1, -0.05) is 0 Å². The fourth-order valence-electron chi connectivity index (χ4n) is 1.38. The van der Waals surface area contributed by atoms with Crippen molar-refractivity contribution in [3.05, 3.63) is 0 Å². The quantitative estimate of drug-likeness (QED) is 0.154. The number of aliphatic hydroxyl groups is 6. The van der Waals surface area contributed by atoms with E-state index >= 15 is 0 Å². The van der Waals surface area contributed by atoms with Gasteiger partial charge in [0, 0.05) is 0 Å². The molecule has 0 aliphatic heterocycles. The molecule has 2 amide bonds. The molecule has 30 heavy (non-hydrogen) atoms. The van der Waals surface area contributed by atoms with Crippen molar-refractivity contribution < 1.29 is 40.2 Å². The molecule has 0 spiro atoms. The van der Waals surface area contributed by atoms with Gasteiger partial charge in [0.25, 0.3) is 11.8 Å². The molecule has 2 unspecified atom stereocenters. The molecule has 0 aromatic rings. The highest BCUT2D eigenvalue weighted by molar-refractivity contribution is 5.89. The summed E-state index contributed by atoms with van der Waals surface area (Å²) >= 11 is 0. The Hall–Kier alpha value is -2.40. The molecule has 0 fully saturated rings. The van der Waals surface area contributed by atoms with Gasteiger partial charge in [-0.25, -0.2) is 0 Å². The first-order chi connectivity index (χ1) is 13.7. The van der Waals surface area contributed by atoms with Crippen LogP contribution in [0.5, 0.6) is 0 Å². The fraction of sp³-hybridized carbons (Fsp3) is 0.750. The molecule has 14 heteroatoms. The van der Waals surface area contributed by atoms with E-state index in [0.29, 0.717) is 0 Å². The van der Waals surface area contributed by atoms with Crippen LogP contribution >= 0.6 is 0 Å². The summed E-state index contributed by atoms with van der Waals surface area (Å²) in [5, 5.41) is 74.8. The lowest BCUT2D eigenvalue weighted by molar-refractivity contribution is -0.129. The molecule has 0 saturated heterocycles. The van der Waals surface area contributed by atoms with Crippen LogP contribution < -0.4 is 22.1 Å². The van der Waals surface area contributed by atoms with E-state index in [9.17, 15) is 9.59 Å². The number of rotatable bonds is 10. The van der Waals surface area contributed by atoms with Crippen molar-refractivity contribution in [1.29, 1.82) is 10.5 Å². The van der Waals surface area contributed by atoms with Gasteiger partial charge in [0.05, 0.1) is 51.8 Å². The molecule has 0 saturated carbocycles. The van der Waals surface area contributed by atoms with E-state index < -0.39 is 73.6 Å². The monoisotopic (exact) mass is 434 g/mol. The molecule has 0 radical (unpaired) electrons. The smallest absolute Gasteiger partial charge is 0.255 e. The predicted octanol–water partition coefficient (Wildman–Crippen LogP) is -5.88. The minimum Gasteiger partial charge on any atom is -0.394 e. The van der Waals surface area contributed by atoms with Crippen LogP contribution in [0.3, 0.4) is 0 Å². The van der Waals surface area contributed by atoms with Crippen LogP contribution in [0.15, 0.2) is 0 Å². The largest absolute Gasteiger partial charge is 0.394 e. The van der Waals surface area contributed by atoms with Gasteiger partial charge in [-0.15, -0.1) is 0 Å². The average molecular weight is 434 g/mol. The van der Waals surface area contributed by atoms with Crippen LogP contribution in [0, 0.1) is 22.7 Å². The molecule has 0 heterocycles. The summed E-state index contributed by atoms with van der Waals surface area (Å²) in [6, 6.07) is 3.11. The van der Waals surface area contributed by atoms with E-state index in [1.165, 1.54) is 13.8 Å². The van der Waals surface area contributed by atoms with Crippen molar-refractivity contribution >= 4 is 11.8 Å². The van der Waals surface area contributed by atoms with Gasteiger partial charge >= 0.3 is 0 Å².